The molecule has 0 saturated heterocycles. The summed E-state index contributed by atoms with van der Waals surface area (Å²) in [4.78, 5) is 43.8. The van der Waals surface area contributed by atoms with E-state index in [-0.39, 0.29) is 23.3 Å². The van der Waals surface area contributed by atoms with Crippen molar-refractivity contribution in [3.63, 3.8) is 0 Å². The highest BCUT2D eigenvalue weighted by atomic mass is 16.5. The molecule has 4 aromatic rings. The second kappa shape index (κ2) is 6.53. The van der Waals surface area contributed by atoms with E-state index in [4.69, 9.17) is 4.74 Å². The van der Waals surface area contributed by atoms with Crippen LogP contribution in [0.3, 0.4) is 0 Å². The molecule has 1 aromatic carbocycles. The Morgan fingerprint density at radius 2 is 1.96 bits per heavy atom. The van der Waals surface area contributed by atoms with Crippen LogP contribution in [0, 0.1) is 6.92 Å². The van der Waals surface area contributed by atoms with Crippen LogP contribution in [0.4, 0.5) is 0 Å². The Labute approximate surface area is 152 Å². The number of aromatic nitrogens is 3. The first-order valence-corrected chi connectivity index (χ1v) is 8.29. The number of pyridine rings is 2. The van der Waals surface area contributed by atoms with E-state index < -0.39 is 5.97 Å². The quantitative estimate of drug-likeness (QED) is 0.565. The van der Waals surface area contributed by atoms with E-state index in [1.165, 1.54) is 16.5 Å². The van der Waals surface area contributed by atoms with Crippen LogP contribution in [0.1, 0.15) is 21.7 Å². The minimum Gasteiger partial charge on any atom is -0.455 e. The molecular weight excluding hydrogens is 346 g/mol. The summed E-state index contributed by atoms with van der Waals surface area (Å²) in [6.45, 7) is 1.71. The molecule has 134 valence electrons. The molecule has 0 atom stereocenters. The number of para-hydroxylation sites is 1. The van der Waals surface area contributed by atoms with Gasteiger partial charge in [0.2, 0.25) is 0 Å². The maximum Gasteiger partial charge on any atom is 0.355 e. The van der Waals surface area contributed by atoms with Gasteiger partial charge in [0.15, 0.2) is 5.43 Å². The molecule has 3 heterocycles. The Kier molecular flexibility index (Phi) is 4.04. The maximum atomic E-state index is 12.3. The number of esters is 1. The zero-order chi connectivity index (χ0) is 19.0. The number of H-pyrrole nitrogens is 1. The number of rotatable bonds is 3. The van der Waals surface area contributed by atoms with Crippen molar-refractivity contribution in [2.24, 2.45) is 0 Å². The summed E-state index contributed by atoms with van der Waals surface area (Å²) in [6.07, 6.45) is 1.69. The van der Waals surface area contributed by atoms with Crippen molar-refractivity contribution in [2.75, 3.05) is 0 Å². The highest BCUT2D eigenvalue weighted by molar-refractivity contribution is 5.90. The molecule has 0 bridgehead atoms. The highest BCUT2D eigenvalue weighted by Crippen LogP contribution is 2.09. The van der Waals surface area contributed by atoms with Gasteiger partial charge in [-0.1, -0.05) is 18.2 Å². The molecule has 0 unspecified atom stereocenters. The van der Waals surface area contributed by atoms with Gasteiger partial charge in [0.05, 0.1) is 5.69 Å². The van der Waals surface area contributed by atoms with Gasteiger partial charge in [-0.05, 0) is 30.7 Å². The molecule has 7 nitrogen and oxygen atoms in total. The average Bonchev–Trinajstić information content (AvgIpc) is 2.66. The molecule has 0 saturated carbocycles. The van der Waals surface area contributed by atoms with Crippen LogP contribution in [0.5, 0.6) is 0 Å². The Hall–Kier alpha value is -3.74. The molecule has 0 amide bonds. The Balaban J connectivity index is 1.59. The lowest BCUT2D eigenvalue weighted by Crippen LogP contribution is -2.17. The summed E-state index contributed by atoms with van der Waals surface area (Å²) in [7, 11) is 0. The van der Waals surface area contributed by atoms with Crippen LogP contribution in [-0.2, 0) is 11.3 Å². The molecular formula is C20H15N3O4. The molecule has 4 rings (SSSR count). The molecule has 0 spiro atoms. The van der Waals surface area contributed by atoms with E-state index in [0.717, 1.165) is 5.56 Å². The van der Waals surface area contributed by atoms with E-state index in [9.17, 15) is 14.4 Å². The van der Waals surface area contributed by atoms with Crippen molar-refractivity contribution in [1.29, 1.82) is 0 Å². The average molecular weight is 361 g/mol. The Morgan fingerprint density at radius 1 is 1.15 bits per heavy atom. The van der Waals surface area contributed by atoms with E-state index in [1.807, 2.05) is 13.0 Å². The smallest absolute Gasteiger partial charge is 0.355 e. The van der Waals surface area contributed by atoms with Gasteiger partial charge in [-0.25, -0.2) is 9.78 Å². The molecule has 7 heteroatoms. The summed E-state index contributed by atoms with van der Waals surface area (Å²) in [5.41, 5.74) is 1.81. The van der Waals surface area contributed by atoms with Gasteiger partial charge in [-0.15, -0.1) is 0 Å². The van der Waals surface area contributed by atoms with Gasteiger partial charge < -0.3 is 9.72 Å². The SMILES string of the molecule is Cc1ccc2nc(COC(=O)c3cc(=O)c4ccccc4[nH]3)cc(=O)n2c1. The number of benzene rings is 1. The van der Waals surface area contributed by atoms with Crippen LogP contribution in [-0.4, -0.2) is 20.3 Å². The lowest BCUT2D eigenvalue weighted by molar-refractivity contribution is 0.0461. The summed E-state index contributed by atoms with van der Waals surface area (Å²) in [5, 5.41) is 0.494. The van der Waals surface area contributed by atoms with Crippen molar-refractivity contribution in [3.8, 4) is 0 Å². The van der Waals surface area contributed by atoms with E-state index in [2.05, 4.69) is 9.97 Å². The third-order valence-electron chi connectivity index (χ3n) is 4.17. The van der Waals surface area contributed by atoms with E-state index in [1.54, 1.807) is 36.5 Å². The zero-order valence-corrected chi connectivity index (χ0v) is 14.4. The van der Waals surface area contributed by atoms with Crippen LogP contribution < -0.4 is 11.0 Å². The van der Waals surface area contributed by atoms with Crippen molar-refractivity contribution in [1.82, 2.24) is 14.4 Å². The number of hydrogen-bond acceptors (Lipinski definition) is 5. The molecule has 27 heavy (non-hydrogen) atoms. The first kappa shape index (κ1) is 16.7. The monoisotopic (exact) mass is 361 g/mol. The molecule has 0 radical (unpaired) electrons. The second-order valence-corrected chi connectivity index (χ2v) is 6.19. The minimum atomic E-state index is -0.691. The van der Waals surface area contributed by atoms with Crippen LogP contribution in [0.15, 0.2) is 64.3 Å². The number of aromatic amines is 1. The molecule has 0 aliphatic rings. The van der Waals surface area contributed by atoms with Gasteiger partial charge >= 0.3 is 5.97 Å². The van der Waals surface area contributed by atoms with Crippen molar-refractivity contribution in [2.45, 2.75) is 13.5 Å². The van der Waals surface area contributed by atoms with Crippen LogP contribution in [0.2, 0.25) is 0 Å². The molecule has 0 aliphatic carbocycles. The fourth-order valence-electron chi connectivity index (χ4n) is 2.86. The zero-order valence-electron chi connectivity index (χ0n) is 14.4. The van der Waals surface area contributed by atoms with Crippen molar-refractivity contribution >= 4 is 22.5 Å². The Morgan fingerprint density at radius 3 is 2.81 bits per heavy atom. The minimum absolute atomic E-state index is 0.0480. The Bertz CT molecular complexity index is 1300. The second-order valence-electron chi connectivity index (χ2n) is 6.19. The largest absolute Gasteiger partial charge is 0.455 e. The predicted molar refractivity (Wildman–Crippen MR) is 99.9 cm³/mol. The number of nitrogens with one attached hydrogen (secondary N) is 1. The van der Waals surface area contributed by atoms with Gasteiger partial charge in [-0.2, -0.15) is 0 Å². The normalized spacial score (nSPS) is 11.0. The van der Waals surface area contributed by atoms with Crippen molar-refractivity contribution in [3.05, 3.63) is 92.3 Å². The van der Waals surface area contributed by atoms with E-state index in [0.29, 0.717) is 22.2 Å². The predicted octanol–water partition coefficient (Wildman–Crippen LogP) is 2.20. The number of carbonyl (C=O) groups is 1. The summed E-state index contributed by atoms with van der Waals surface area (Å²) >= 11 is 0. The van der Waals surface area contributed by atoms with Crippen molar-refractivity contribution < 1.29 is 9.53 Å². The standard InChI is InChI=1S/C20H15N3O4/c1-12-6-7-18-21-13(8-19(25)23(18)10-12)11-27-20(26)16-9-17(24)14-4-2-3-5-15(14)22-16/h2-10H,11H2,1H3,(H,22,24). The van der Waals surface area contributed by atoms with Crippen LogP contribution >= 0.6 is 0 Å². The maximum absolute atomic E-state index is 12.3. The molecule has 1 N–H and O–H groups in total. The first-order chi connectivity index (χ1) is 13.0. The summed E-state index contributed by atoms with van der Waals surface area (Å²) < 4.78 is 6.66. The first-order valence-electron chi connectivity index (χ1n) is 8.29. The fourth-order valence-corrected chi connectivity index (χ4v) is 2.86. The number of carbonyl (C=O) groups excluding carboxylic acids is 1. The fraction of sp³-hybridized carbons (Fsp3) is 0.100. The van der Waals surface area contributed by atoms with E-state index >= 15 is 0 Å². The van der Waals surface area contributed by atoms with Gasteiger partial charge in [0.1, 0.15) is 17.9 Å². The number of aryl methyl sites for hydroxylation is 1. The highest BCUT2D eigenvalue weighted by Gasteiger charge is 2.12. The lowest BCUT2D eigenvalue weighted by atomic mass is 10.2. The van der Waals surface area contributed by atoms with Crippen LogP contribution in [0.25, 0.3) is 16.6 Å². The lowest BCUT2D eigenvalue weighted by Gasteiger charge is -2.07. The topological polar surface area (TPSA) is 93.5 Å². The van der Waals surface area contributed by atoms with Gasteiger partial charge in [-0.3, -0.25) is 14.0 Å². The third kappa shape index (κ3) is 3.22. The molecule has 0 aliphatic heterocycles. The van der Waals surface area contributed by atoms with Gasteiger partial charge in [0.25, 0.3) is 5.56 Å². The third-order valence-corrected chi connectivity index (χ3v) is 4.17. The summed E-state index contributed by atoms with van der Waals surface area (Å²) in [6, 6.07) is 13.0. The molecule has 3 aromatic heterocycles. The number of hydrogen-bond donors (Lipinski definition) is 1. The molecule has 0 fully saturated rings. The number of ether oxygens (including phenoxy) is 1. The summed E-state index contributed by atoms with van der Waals surface area (Å²) in [5.74, 6) is -0.691. The van der Waals surface area contributed by atoms with Gasteiger partial charge in [0, 0.05) is 29.2 Å². The number of nitrogens with zero attached hydrogens (tertiary/aromatic N) is 2. The number of fused-ring (bicyclic) bond motifs is 2.